The Morgan fingerprint density at radius 3 is 2.17 bits per heavy atom. The number of anilines is 1. The minimum absolute atomic E-state index is 0.128. The quantitative estimate of drug-likeness (QED) is 0.773. The fourth-order valence-corrected chi connectivity index (χ4v) is 2.65. The van der Waals surface area contributed by atoms with E-state index in [-0.39, 0.29) is 5.91 Å². The first kappa shape index (κ1) is 15.9. The van der Waals surface area contributed by atoms with Crippen molar-refractivity contribution in [2.45, 2.75) is 13.5 Å². The Balaban J connectivity index is 1.65. The molecule has 0 atom stereocenters. The molecule has 0 saturated heterocycles. The van der Waals surface area contributed by atoms with E-state index in [1.807, 2.05) is 19.2 Å². The summed E-state index contributed by atoms with van der Waals surface area (Å²) in [5.41, 5.74) is 11.5. The van der Waals surface area contributed by atoms with Gasteiger partial charge in [-0.15, -0.1) is 0 Å². The average Bonchev–Trinajstić information content (AvgIpc) is 2.92. The standard InChI is InChI=1S/C20H21N3O/c1-14-3-7-16(8-4-14)17-9-5-15(6-10-17)12-22-20(24)19-11-18(21)13-23(19)2/h3-11,13H,12,21H2,1-2H3,(H,22,24). The number of hydrogen-bond donors (Lipinski definition) is 2. The molecule has 0 fully saturated rings. The number of aryl methyl sites for hydroxylation is 2. The summed E-state index contributed by atoms with van der Waals surface area (Å²) in [5.74, 6) is -0.128. The van der Waals surface area contributed by atoms with Crippen molar-refractivity contribution in [1.29, 1.82) is 0 Å². The third-order valence-corrected chi connectivity index (χ3v) is 4.05. The van der Waals surface area contributed by atoms with E-state index in [0.717, 1.165) is 5.56 Å². The maximum absolute atomic E-state index is 12.2. The summed E-state index contributed by atoms with van der Waals surface area (Å²) in [6.07, 6.45) is 1.73. The molecule has 0 saturated carbocycles. The second-order valence-electron chi connectivity index (χ2n) is 6.02. The van der Waals surface area contributed by atoms with Gasteiger partial charge in [-0.2, -0.15) is 0 Å². The van der Waals surface area contributed by atoms with Gasteiger partial charge in [0.25, 0.3) is 5.91 Å². The number of aromatic nitrogens is 1. The number of amides is 1. The molecule has 0 unspecified atom stereocenters. The first-order chi connectivity index (χ1) is 11.5. The van der Waals surface area contributed by atoms with Crippen molar-refractivity contribution in [3.05, 3.63) is 77.6 Å². The second-order valence-corrected chi connectivity index (χ2v) is 6.02. The Hall–Kier alpha value is -3.01. The van der Waals surface area contributed by atoms with Gasteiger partial charge < -0.3 is 15.6 Å². The van der Waals surface area contributed by atoms with Crippen LogP contribution in [-0.2, 0) is 13.6 Å². The van der Waals surface area contributed by atoms with E-state index in [2.05, 4.69) is 48.6 Å². The molecular weight excluding hydrogens is 298 g/mol. The van der Waals surface area contributed by atoms with Crippen molar-refractivity contribution in [3.63, 3.8) is 0 Å². The monoisotopic (exact) mass is 319 g/mol. The fourth-order valence-electron chi connectivity index (χ4n) is 2.65. The van der Waals surface area contributed by atoms with E-state index in [9.17, 15) is 4.79 Å². The smallest absolute Gasteiger partial charge is 0.268 e. The van der Waals surface area contributed by atoms with Crippen molar-refractivity contribution in [3.8, 4) is 11.1 Å². The van der Waals surface area contributed by atoms with Crippen molar-refractivity contribution in [1.82, 2.24) is 9.88 Å². The van der Waals surface area contributed by atoms with Crippen molar-refractivity contribution < 1.29 is 4.79 Å². The van der Waals surface area contributed by atoms with Gasteiger partial charge >= 0.3 is 0 Å². The molecule has 122 valence electrons. The molecule has 0 radical (unpaired) electrons. The molecule has 1 aromatic heterocycles. The minimum Gasteiger partial charge on any atom is -0.397 e. The van der Waals surface area contributed by atoms with Crippen LogP contribution in [0.3, 0.4) is 0 Å². The summed E-state index contributed by atoms with van der Waals surface area (Å²) >= 11 is 0. The van der Waals surface area contributed by atoms with Crippen LogP contribution in [0.2, 0.25) is 0 Å². The van der Waals surface area contributed by atoms with Crippen LogP contribution in [0.1, 0.15) is 21.6 Å². The lowest BCUT2D eigenvalue weighted by Gasteiger charge is -2.08. The Bertz CT molecular complexity index is 846. The van der Waals surface area contributed by atoms with Gasteiger partial charge in [-0.25, -0.2) is 0 Å². The normalized spacial score (nSPS) is 10.6. The Morgan fingerprint density at radius 2 is 1.62 bits per heavy atom. The van der Waals surface area contributed by atoms with Crippen LogP contribution < -0.4 is 11.1 Å². The highest BCUT2D eigenvalue weighted by Crippen LogP contribution is 2.20. The molecule has 4 nitrogen and oxygen atoms in total. The van der Waals surface area contributed by atoms with Crippen LogP contribution in [0.4, 0.5) is 5.69 Å². The molecule has 0 aliphatic heterocycles. The lowest BCUT2D eigenvalue weighted by molar-refractivity contribution is 0.0943. The number of nitrogens with one attached hydrogen (secondary N) is 1. The molecule has 24 heavy (non-hydrogen) atoms. The molecule has 0 bridgehead atoms. The highest BCUT2D eigenvalue weighted by molar-refractivity contribution is 5.93. The maximum atomic E-state index is 12.2. The summed E-state index contributed by atoms with van der Waals surface area (Å²) in [4.78, 5) is 12.2. The van der Waals surface area contributed by atoms with Gasteiger partial charge in [0.1, 0.15) is 5.69 Å². The van der Waals surface area contributed by atoms with Crippen molar-refractivity contribution in [2.24, 2.45) is 7.05 Å². The van der Waals surface area contributed by atoms with E-state index in [1.165, 1.54) is 16.7 Å². The second kappa shape index (κ2) is 6.62. The van der Waals surface area contributed by atoms with E-state index in [1.54, 1.807) is 16.8 Å². The molecule has 3 aromatic rings. The Labute approximate surface area is 141 Å². The third kappa shape index (κ3) is 3.49. The summed E-state index contributed by atoms with van der Waals surface area (Å²) in [5, 5.41) is 2.92. The number of nitrogen functional groups attached to an aromatic ring is 1. The Morgan fingerprint density at radius 1 is 1.04 bits per heavy atom. The predicted octanol–water partition coefficient (Wildman–Crippen LogP) is 3.51. The topological polar surface area (TPSA) is 60.1 Å². The van der Waals surface area contributed by atoms with Crippen LogP contribution >= 0.6 is 0 Å². The van der Waals surface area contributed by atoms with Crippen LogP contribution in [0.5, 0.6) is 0 Å². The van der Waals surface area contributed by atoms with Gasteiger partial charge in [0, 0.05) is 19.8 Å². The molecule has 1 amide bonds. The highest BCUT2D eigenvalue weighted by Gasteiger charge is 2.10. The van der Waals surface area contributed by atoms with Gasteiger partial charge in [0.05, 0.1) is 5.69 Å². The number of carbonyl (C=O) groups excluding carboxylic acids is 1. The van der Waals surface area contributed by atoms with Gasteiger partial charge in [0.2, 0.25) is 0 Å². The molecular formula is C20H21N3O. The molecule has 0 aliphatic carbocycles. The van der Waals surface area contributed by atoms with Gasteiger partial charge in [-0.05, 0) is 29.7 Å². The number of nitrogens with zero attached hydrogens (tertiary/aromatic N) is 1. The van der Waals surface area contributed by atoms with E-state index in [4.69, 9.17) is 5.73 Å². The predicted molar refractivity (Wildman–Crippen MR) is 97.6 cm³/mol. The molecule has 0 spiro atoms. The summed E-state index contributed by atoms with van der Waals surface area (Å²) in [7, 11) is 1.81. The highest BCUT2D eigenvalue weighted by atomic mass is 16.1. The number of rotatable bonds is 4. The lowest BCUT2D eigenvalue weighted by atomic mass is 10.0. The summed E-state index contributed by atoms with van der Waals surface area (Å²) in [6, 6.07) is 18.3. The zero-order valence-corrected chi connectivity index (χ0v) is 13.9. The molecule has 3 rings (SSSR count). The van der Waals surface area contributed by atoms with Gasteiger partial charge in [-0.1, -0.05) is 54.1 Å². The van der Waals surface area contributed by atoms with Crippen molar-refractivity contribution >= 4 is 11.6 Å². The zero-order valence-electron chi connectivity index (χ0n) is 13.9. The Kier molecular flexibility index (Phi) is 4.38. The van der Waals surface area contributed by atoms with Crippen LogP contribution in [0.25, 0.3) is 11.1 Å². The number of carbonyl (C=O) groups is 1. The molecule has 4 heteroatoms. The van der Waals surface area contributed by atoms with Crippen LogP contribution in [0.15, 0.2) is 60.8 Å². The SMILES string of the molecule is Cc1ccc(-c2ccc(CNC(=O)c3cc(N)cn3C)cc2)cc1. The third-order valence-electron chi connectivity index (χ3n) is 4.05. The largest absolute Gasteiger partial charge is 0.397 e. The zero-order chi connectivity index (χ0) is 17.1. The molecule has 2 aromatic carbocycles. The van der Waals surface area contributed by atoms with Gasteiger partial charge in [0.15, 0.2) is 0 Å². The molecule has 3 N–H and O–H groups in total. The van der Waals surface area contributed by atoms with Crippen LogP contribution in [-0.4, -0.2) is 10.5 Å². The van der Waals surface area contributed by atoms with Gasteiger partial charge in [-0.3, -0.25) is 4.79 Å². The lowest BCUT2D eigenvalue weighted by Crippen LogP contribution is -2.24. The number of benzene rings is 2. The fraction of sp³-hybridized carbons (Fsp3) is 0.150. The molecule has 0 aliphatic rings. The number of nitrogens with two attached hydrogens (primary N) is 1. The minimum atomic E-state index is -0.128. The molecule has 1 heterocycles. The first-order valence-corrected chi connectivity index (χ1v) is 7.89. The summed E-state index contributed by atoms with van der Waals surface area (Å²) < 4.78 is 1.73. The first-order valence-electron chi connectivity index (χ1n) is 7.89. The van der Waals surface area contributed by atoms with E-state index >= 15 is 0 Å². The van der Waals surface area contributed by atoms with E-state index < -0.39 is 0 Å². The van der Waals surface area contributed by atoms with Crippen molar-refractivity contribution in [2.75, 3.05) is 5.73 Å². The summed E-state index contributed by atoms with van der Waals surface area (Å²) in [6.45, 7) is 2.56. The number of hydrogen-bond acceptors (Lipinski definition) is 2. The maximum Gasteiger partial charge on any atom is 0.268 e. The van der Waals surface area contributed by atoms with Crippen LogP contribution in [0, 0.1) is 6.92 Å². The average molecular weight is 319 g/mol. The van der Waals surface area contributed by atoms with E-state index in [0.29, 0.717) is 17.9 Å².